The molecule has 0 bridgehead atoms. The van der Waals surface area contributed by atoms with E-state index in [1.54, 1.807) is 14.1 Å². The molecule has 2 N–H and O–H groups in total. The normalized spacial score (nSPS) is 20.8. The predicted octanol–water partition coefficient (Wildman–Crippen LogP) is 0.358. The standard InChI is InChI=1S/C13H25N3O2/c1-9(2)8-11(13(18)16(3)4)15-12(17)10-6-5-7-14-10/h9-11,14H,5-8H2,1-4H3,(H,15,17). The summed E-state index contributed by atoms with van der Waals surface area (Å²) in [4.78, 5) is 25.6. The maximum absolute atomic E-state index is 12.0. The molecule has 0 aliphatic carbocycles. The van der Waals surface area contributed by atoms with Gasteiger partial charge in [-0.1, -0.05) is 13.8 Å². The number of hydrogen-bond acceptors (Lipinski definition) is 3. The highest BCUT2D eigenvalue weighted by molar-refractivity contribution is 5.89. The van der Waals surface area contributed by atoms with Crippen molar-refractivity contribution in [2.45, 2.75) is 45.2 Å². The van der Waals surface area contributed by atoms with E-state index in [-0.39, 0.29) is 17.9 Å². The van der Waals surface area contributed by atoms with Crippen LogP contribution in [0.15, 0.2) is 0 Å². The van der Waals surface area contributed by atoms with Crippen LogP contribution < -0.4 is 10.6 Å². The van der Waals surface area contributed by atoms with Crippen molar-refractivity contribution in [2.24, 2.45) is 5.92 Å². The van der Waals surface area contributed by atoms with Crippen LogP contribution in [0.3, 0.4) is 0 Å². The minimum atomic E-state index is -0.408. The number of hydrogen-bond donors (Lipinski definition) is 2. The molecule has 5 nitrogen and oxygen atoms in total. The average molecular weight is 255 g/mol. The summed E-state index contributed by atoms with van der Waals surface area (Å²) in [5.41, 5.74) is 0. The van der Waals surface area contributed by atoms with Gasteiger partial charge in [-0.3, -0.25) is 9.59 Å². The number of nitrogens with zero attached hydrogens (tertiary/aromatic N) is 1. The van der Waals surface area contributed by atoms with Crippen molar-refractivity contribution in [1.82, 2.24) is 15.5 Å². The molecule has 0 aromatic rings. The lowest BCUT2D eigenvalue weighted by molar-refractivity contribution is -0.135. The van der Waals surface area contributed by atoms with Gasteiger partial charge in [-0.15, -0.1) is 0 Å². The Bertz CT molecular complexity index is 297. The second-order valence-corrected chi connectivity index (χ2v) is 5.57. The summed E-state index contributed by atoms with van der Waals surface area (Å²) >= 11 is 0. The summed E-state index contributed by atoms with van der Waals surface area (Å²) in [7, 11) is 3.44. The molecule has 0 saturated carbocycles. The maximum Gasteiger partial charge on any atom is 0.244 e. The van der Waals surface area contributed by atoms with Gasteiger partial charge in [-0.25, -0.2) is 0 Å². The first kappa shape index (κ1) is 15.0. The Morgan fingerprint density at radius 1 is 1.39 bits per heavy atom. The van der Waals surface area contributed by atoms with Crippen LogP contribution in [0, 0.1) is 5.92 Å². The second-order valence-electron chi connectivity index (χ2n) is 5.57. The number of rotatable bonds is 5. The quantitative estimate of drug-likeness (QED) is 0.745. The zero-order valence-corrected chi connectivity index (χ0v) is 11.8. The topological polar surface area (TPSA) is 61.4 Å². The van der Waals surface area contributed by atoms with E-state index in [0.29, 0.717) is 12.3 Å². The molecule has 0 spiro atoms. The molecular formula is C13H25N3O2. The molecule has 1 fully saturated rings. The number of amides is 2. The largest absolute Gasteiger partial charge is 0.347 e. The fourth-order valence-corrected chi connectivity index (χ4v) is 2.19. The van der Waals surface area contributed by atoms with Gasteiger partial charge in [-0.05, 0) is 31.7 Å². The van der Waals surface area contributed by atoms with Crippen LogP contribution in [0.2, 0.25) is 0 Å². The molecule has 1 aliphatic rings. The smallest absolute Gasteiger partial charge is 0.244 e. The third-order valence-electron chi connectivity index (χ3n) is 3.14. The van der Waals surface area contributed by atoms with Crippen molar-refractivity contribution in [3.63, 3.8) is 0 Å². The molecule has 0 aromatic carbocycles. The Hall–Kier alpha value is -1.10. The minimum Gasteiger partial charge on any atom is -0.347 e. The van der Waals surface area contributed by atoms with Crippen LogP contribution in [-0.4, -0.2) is 49.4 Å². The highest BCUT2D eigenvalue weighted by Crippen LogP contribution is 2.09. The van der Waals surface area contributed by atoms with Gasteiger partial charge in [-0.2, -0.15) is 0 Å². The number of carbonyl (C=O) groups is 2. The van der Waals surface area contributed by atoms with Crippen LogP contribution in [0.5, 0.6) is 0 Å². The van der Waals surface area contributed by atoms with E-state index in [1.165, 1.54) is 4.90 Å². The molecule has 2 unspecified atom stereocenters. The minimum absolute atomic E-state index is 0.0324. The Morgan fingerprint density at radius 3 is 2.50 bits per heavy atom. The summed E-state index contributed by atoms with van der Waals surface area (Å²) in [6.07, 6.45) is 2.56. The van der Waals surface area contributed by atoms with E-state index in [9.17, 15) is 9.59 Å². The lowest BCUT2D eigenvalue weighted by atomic mass is 10.0. The monoisotopic (exact) mass is 255 g/mol. The molecule has 2 atom stereocenters. The molecule has 0 aromatic heterocycles. The molecule has 0 radical (unpaired) electrons. The van der Waals surface area contributed by atoms with Crippen LogP contribution in [0.25, 0.3) is 0 Å². The number of carbonyl (C=O) groups excluding carboxylic acids is 2. The van der Waals surface area contributed by atoms with Gasteiger partial charge in [0, 0.05) is 14.1 Å². The molecule has 1 rings (SSSR count). The zero-order chi connectivity index (χ0) is 13.7. The summed E-state index contributed by atoms with van der Waals surface area (Å²) in [5, 5.41) is 6.03. The van der Waals surface area contributed by atoms with E-state index in [4.69, 9.17) is 0 Å². The van der Waals surface area contributed by atoms with Gasteiger partial charge >= 0.3 is 0 Å². The van der Waals surface area contributed by atoms with Gasteiger partial charge in [0.15, 0.2) is 0 Å². The van der Waals surface area contributed by atoms with Gasteiger partial charge in [0.1, 0.15) is 6.04 Å². The first-order valence-corrected chi connectivity index (χ1v) is 6.66. The predicted molar refractivity (Wildman–Crippen MR) is 71.1 cm³/mol. The number of likely N-dealkylation sites (N-methyl/N-ethyl adjacent to an activating group) is 1. The van der Waals surface area contributed by atoms with E-state index >= 15 is 0 Å². The molecule has 1 saturated heterocycles. The Labute approximate surface area is 109 Å². The Balaban J connectivity index is 2.59. The zero-order valence-electron chi connectivity index (χ0n) is 11.8. The van der Waals surface area contributed by atoms with E-state index in [2.05, 4.69) is 24.5 Å². The van der Waals surface area contributed by atoms with Crippen molar-refractivity contribution in [3.8, 4) is 0 Å². The lowest BCUT2D eigenvalue weighted by Gasteiger charge is -2.24. The molecular weight excluding hydrogens is 230 g/mol. The summed E-state index contributed by atoms with van der Waals surface area (Å²) in [6.45, 7) is 4.99. The maximum atomic E-state index is 12.0. The average Bonchev–Trinajstić information content (AvgIpc) is 2.79. The van der Waals surface area contributed by atoms with Crippen molar-refractivity contribution < 1.29 is 9.59 Å². The molecule has 2 amide bonds. The molecule has 5 heteroatoms. The van der Waals surface area contributed by atoms with E-state index in [0.717, 1.165) is 19.4 Å². The molecule has 1 aliphatic heterocycles. The van der Waals surface area contributed by atoms with E-state index < -0.39 is 6.04 Å². The summed E-state index contributed by atoms with van der Waals surface area (Å²) in [5.74, 6) is 0.291. The van der Waals surface area contributed by atoms with Crippen LogP contribution in [-0.2, 0) is 9.59 Å². The molecule has 104 valence electrons. The number of nitrogens with one attached hydrogen (secondary N) is 2. The van der Waals surface area contributed by atoms with Crippen LogP contribution in [0.4, 0.5) is 0 Å². The van der Waals surface area contributed by atoms with E-state index in [1.807, 2.05) is 0 Å². The summed E-state index contributed by atoms with van der Waals surface area (Å²) < 4.78 is 0. The lowest BCUT2D eigenvalue weighted by Crippen LogP contribution is -2.51. The van der Waals surface area contributed by atoms with Gasteiger partial charge in [0.2, 0.25) is 11.8 Å². The highest BCUT2D eigenvalue weighted by atomic mass is 16.2. The van der Waals surface area contributed by atoms with Crippen molar-refractivity contribution in [3.05, 3.63) is 0 Å². The Kier molecular flexibility index (Phi) is 5.59. The molecule has 18 heavy (non-hydrogen) atoms. The van der Waals surface area contributed by atoms with Crippen molar-refractivity contribution >= 4 is 11.8 Å². The fraction of sp³-hybridized carbons (Fsp3) is 0.846. The van der Waals surface area contributed by atoms with Crippen LogP contribution in [0.1, 0.15) is 33.1 Å². The summed E-state index contributed by atoms with van der Waals surface area (Å²) in [6, 6.07) is -0.537. The first-order valence-electron chi connectivity index (χ1n) is 6.66. The molecule has 1 heterocycles. The third kappa shape index (κ3) is 4.29. The SMILES string of the molecule is CC(C)CC(NC(=O)C1CCCN1)C(=O)N(C)C. The second kappa shape index (κ2) is 6.73. The third-order valence-corrected chi connectivity index (χ3v) is 3.14. The van der Waals surface area contributed by atoms with Gasteiger partial charge in [0.25, 0.3) is 0 Å². The first-order chi connectivity index (χ1) is 8.41. The van der Waals surface area contributed by atoms with Crippen LogP contribution >= 0.6 is 0 Å². The van der Waals surface area contributed by atoms with Crippen molar-refractivity contribution in [1.29, 1.82) is 0 Å². The Morgan fingerprint density at radius 2 is 2.06 bits per heavy atom. The highest BCUT2D eigenvalue weighted by Gasteiger charge is 2.28. The van der Waals surface area contributed by atoms with Crippen molar-refractivity contribution in [2.75, 3.05) is 20.6 Å². The van der Waals surface area contributed by atoms with Gasteiger partial charge < -0.3 is 15.5 Å². The van der Waals surface area contributed by atoms with Gasteiger partial charge in [0.05, 0.1) is 6.04 Å². The fourth-order valence-electron chi connectivity index (χ4n) is 2.19.